The van der Waals surface area contributed by atoms with Crippen LogP contribution in [-0.4, -0.2) is 61.6 Å². The predicted octanol–water partition coefficient (Wildman–Crippen LogP) is 3.41. The molecule has 1 N–H and O–H groups in total. The average molecular weight is 502 g/mol. The maximum Gasteiger partial charge on any atom is 0.226 e. The minimum absolute atomic E-state index is 0. The van der Waals surface area contributed by atoms with Crippen LogP contribution in [0.4, 0.5) is 0 Å². The van der Waals surface area contributed by atoms with Crippen LogP contribution in [-0.2, 0) is 9.59 Å². The van der Waals surface area contributed by atoms with E-state index < -0.39 is 0 Å². The summed E-state index contributed by atoms with van der Waals surface area (Å²) in [5, 5.41) is 3.08. The number of rotatable bonds is 22. The molecular weight excluding hydrogens is 446 g/mol. The molecule has 1 heterocycles. The molecule has 34 heavy (non-hydrogen) atoms. The highest BCUT2D eigenvalue weighted by Crippen LogP contribution is 2.14. The third-order valence-corrected chi connectivity index (χ3v) is 6.99. The molecule has 1 fully saturated rings. The highest BCUT2D eigenvalue weighted by Gasteiger charge is 2.27. The van der Waals surface area contributed by atoms with E-state index in [0.29, 0.717) is 12.8 Å². The summed E-state index contributed by atoms with van der Waals surface area (Å²) in [4.78, 5) is 25.8. The van der Waals surface area contributed by atoms with Crippen molar-refractivity contribution in [2.45, 2.75) is 129 Å². The lowest BCUT2D eigenvalue weighted by atomic mass is 10.0. The van der Waals surface area contributed by atoms with Crippen molar-refractivity contribution in [2.24, 2.45) is 0 Å². The Hall–Kier alpha value is -0.810. The van der Waals surface area contributed by atoms with Crippen molar-refractivity contribution in [3.8, 4) is 0 Å². The van der Waals surface area contributed by atoms with E-state index in [4.69, 9.17) is 0 Å². The number of unbranched alkanes of at least 4 members (excludes halogenated alkanes) is 14. The Bertz CT molecular complexity index is 514. The van der Waals surface area contributed by atoms with Gasteiger partial charge in [0.05, 0.1) is 20.6 Å². The minimum Gasteiger partial charge on any atom is -1.00 e. The first-order chi connectivity index (χ1) is 15.9. The Balaban J connectivity index is 0.0000109. The SMILES string of the molecule is CCCCCCCCCCCCCCCCCC(=O)NCCC[N+](C)(C)CN1CCCC1=O.[Cl-]. The van der Waals surface area contributed by atoms with Crippen molar-refractivity contribution in [3.63, 3.8) is 0 Å². The van der Waals surface area contributed by atoms with Gasteiger partial charge in [-0.15, -0.1) is 0 Å². The molecule has 1 saturated heterocycles. The topological polar surface area (TPSA) is 49.4 Å². The molecule has 0 radical (unpaired) electrons. The zero-order chi connectivity index (χ0) is 24.2. The number of nitrogens with one attached hydrogen (secondary N) is 1. The fraction of sp³-hybridized carbons (Fsp3) is 0.929. The molecule has 0 atom stereocenters. The first kappa shape index (κ1) is 33.2. The van der Waals surface area contributed by atoms with Crippen LogP contribution in [0.5, 0.6) is 0 Å². The van der Waals surface area contributed by atoms with E-state index in [1.165, 1.54) is 89.9 Å². The van der Waals surface area contributed by atoms with Gasteiger partial charge < -0.3 is 22.2 Å². The van der Waals surface area contributed by atoms with Gasteiger partial charge in [0.15, 0.2) is 6.67 Å². The molecule has 202 valence electrons. The standard InChI is InChI=1S/C28H55N3O2.ClH/c1-4-5-6-7-8-9-10-11-12-13-14-15-16-17-18-21-27(32)29-23-20-25-31(2,3)26-30-24-19-22-28(30)33;/h4-26H2,1-3H3;1H. The molecular formula is C28H56ClN3O2. The summed E-state index contributed by atoms with van der Waals surface area (Å²) in [6, 6.07) is 0. The zero-order valence-electron chi connectivity index (χ0n) is 22.9. The summed E-state index contributed by atoms with van der Waals surface area (Å²) in [5.74, 6) is 0.489. The quantitative estimate of drug-likeness (QED) is 0.182. The van der Waals surface area contributed by atoms with Gasteiger partial charge in [-0.2, -0.15) is 0 Å². The van der Waals surface area contributed by atoms with Crippen molar-refractivity contribution in [1.29, 1.82) is 0 Å². The number of likely N-dealkylation sites (tertiary alicyclic amines) is 1. The van der Waals surface area contributed by atoms with Crippen molar-refractivity contribution >= 4 is 11.8 Å². The summed E-state index contributed by atoms with van der Waals surface area (Å²) in [5.41, 5.74) is 0. The number of quaternary nitrogens is 1. The van der Waals surface area contributed by atoms with Gasteiger partial charge in [0.1, 0.15) is 0 Å². The molecule has 0 aromatic rings. The lowest BCUT2D eigenvalue weighted by molar-refractivity contribution is -0.898. The first-order valence-corrected chi connectivity index (χ1v) is 14.3. The summed E-state index contributed by atoms with van der Waals surface area (Å²) in [7, 11) is 4.34. The molecule has 6 heteroatoms. The van der Waals surface area contributed by atoms with E-state index >= 15 is 0 Å². The van der Waals surface area contributed by atoms with Gasteiger partial charge in [-0.05, 0) is 12.8 Å². The van der Waals surface area contributed by atoms with Crippen molar-refractivity contribution < 1.29 is 26.5 Å². The number of hydrogen-bond donors (Lipinski definition) is 1. The fourth-order valence-electron chi connectivity index (χ4n) is 4.87. The van der Waals surface area contributed by atoms with Crippen LogP contribution < -0.4 is 17.7 Å². The fourth-order valence-corrected chi connectivity index (χ4v) is 4.87. The van der Waals surface area contributed by atoms with Crippen LogP contribution >= 0.6 is 0 Å². The molecule has 0 unspecified atom stereocenters. The molecule has 5 nitrogen and oxygen atoms in total. The number of halogens is 1. The molecule has 2 amide bonds. The van der Waals surface area contributed by atoms with E-state index in [9.17, 15) is 9.59 Å². The van der Waals surface area contributed by atoms with Crippen LogP contribution in [0.1, 0.15) is 129 Å². The Labute approximate surface area is 217 Å². The summed E-state index contributed by atoms with van der Waals surface area (Å²) in [6.07, 6.45) is 23.6. The predicted molar refractivity (Wildman–Crippen MR) is 140 cm³/mol. The third-order valence-electron chi connectivity index (χ3n) is 6.99. The second kappa shape index (κ2) is 21.5. The Kier molecular flexibility index (Phi) is 21.0. The number of nitrogens with zero attached hydrogens (tertiary/aromatic N) is 2. The van der Waals surface area contributed by atoms with Crippen molar-refractivity contribution in [1.82, 2.24) is 10.2 Å². The lowest BCUT2D eigenvalue weighted by Gasteiger charge is -2.33. The van der Waals surface area contributed by atoms with Gasteiger partial charge in [-0.1, -0.05) is 96.8 Å². The molecule has 1 aliphatic heterocycles. The Morgan fingerprint density at radius 3 is 1.79 bits per heavy atom. The molecule has 0 aliphatic carbocycles. The maximum atomic E-state index is 12.1. The van der Waals surface area contributed by atoms with Gasteiger partial charge in [0, 0.05) is 32.4 Å². The van der Waals surface area contributed by atoms with Crippen LogP contribution in [0.15, 0.2) is 0 Å². The average Bonchev–Trinajstić information content (AvgIpc) is 3.17. The van der Waals surface area contributed by atoms with Crippen LogP contribution in [0, 0.1) is 0 Å². The van der Waals surface area contributed by atoms with Gasteiger partial charge in [0.2, 0.25) is 11.8 Å². The minimum atomic E-state index is 0. The van der Waals surface area contributed by atoms with E-state index in [0.717, 1.165) is 50.0 Å². The lowest BCUT2D eigenvalue weighted by Crippen LogP contribution is -3.00. The highest BCUT2D eigenvalue weighted by molar-refractivity contribution is 5.77. The zero-order valence-corrected chi connectivity index (χ0v) is 23.6. The summed E-state index contributed by atoms with van der Waals surface area (Å²) < 4.78 is 0.806. The highest BCUT2D eigenvalue weighted by atomic mass is 35.5. The Morgan fingerprint density at radius 2 is 1.32 bits per heavy atom. The van der Waals surface area contributed by atoms with E-state index in [-0.39, 0.29) is 24.2 Å². The molecule has 0 saturated carbocycles. The smallest absolute Gasteiger partial charge is 0.226 e. The normalized spacial score (nSPS) is 13.9. The molecule has 0 bridgehead atoms. The number of carbonyl (C=O) groups is 2. The van der Waals surface area contributed by atoms with Crippen LogP contribution in [0.3, 0.4) is 0 Å². The molecule has 0 spiro atoms. The third kappa shape index (κ3) is 18.5. The van der Waals surface area contributed by atoms with Gasteiger partial charge in [-0.3, -0.25) is 14.5 Å². The molecule has 0 aromatic heterocycles. The van der Waals surface area contributed by atoms with E-state index in [1.54, 1.807) is 0 Å². The van der Waals surface area contributed by atoms with Gasteiger partial charge in [0.25, 0.3) is 0 Å². The second-order valence-electron chi connectivity index (χ2n) is 11.0. The number of carbonyl (C=O) groups excluding carboxylic acids is 2. The van der Waals surface area contributed by atoms with Crippen LogP contribution in [0.25, 0.3) is 0 Å². The largest absolute Gasteiger partial charge is 1.00 e. The monoisotopic (exact) mass is 501 g/mol. The summed E-state index contributed by atoms with van der Waals surface area (Å²) >= 11 is 0. The van der Waals surface area contributed by atoms with Gasteiger partial charge >= 0.3 is 0 Å². The summed E-state index contributed by atoms with van der Waals surface area (Å²) in [6.45, 7) is 5.68. The van der Waals surface area contributed by atoms with Gasteiger partial charge in [-0.25, -0.2) is 0 Å². The Morgan fingerprint density at radius 1 is 0.824 bits per heavy atom. The van der Waals surface area contributed by atoms with Crippen molar-refractivity contribution in [3.05, 3.63) is 0 Å². The molecule has 0 aromatic carbocycles. The first-order valence-electron chi connectivity index (χ1n) is 14.3. The molecule has 1 aliphatic rings. The number of amides is 2. The second-order valence-corrected chi connectivity index (χ2v) is 11.0. The molecule has 1 rings (SSSR count). The van der Waals surface area contributed by atoms with E-state index in [2.05, 4.69) is 26.3 Å². The van der Waals surface area contributed by atoms with Crippen molar-refractivity contribution in [2.75, 3.05) is 40.4 Å². The number of hydrogen-bond acceptors (Lipinski definition) is 2. The van der Waals surface area contributed by atoms with Crippen LogP contribution in [0.2, 0.25) is 0 Å². The maximum absolute atomic E-state index is 12.1. The van der Waals surface area contributed by atoms with E-state index in [1.807, 2.05) is 4.90 Å².